The fourth-order valence-corrected chi connectivity index (χ4v) is 5.03. The molecule has 0 radical (unpaired) electrons. The van der Waals surface area contributed by atoms with E-state index in [0.29, 0.717) is 41.6 Å². The zero-order valence-corrected chi connectivity index (χ0v) is 22.8. The number of anilines is 1. The number of fused-ring (bicyclic) bond motifs is 1. The molecule has 2 N–H and O–H groups in total. The van der Waals surface area contributed by atoms with Crippen molar-refractivity contribution in [2.24, 2.45) is 5.41 Å². The van der Waals surface area contributed by atoms with E-state index in [2.05, 4.69) is 9.83 Å². The number of carbonyl (C=O) groups excluding carboxylic acids is 1. The van der Waals surface area contributed by atoms with Crippen molar-refractivity contribution in [2.75, 3.05) is 18.8 Å². The van der Waals surface area contributed by atoms with Crippen LogP contribution < -0.4 is 10.5 Å². The van der Waals surface area contributed by atoms with Gasteiger partial charge in [-0.2, -0.15) is 0 Å². The number of halogens is 1. The third-order valence-corrected chi connectivity index (χ3v) is 6.77. The van der Waals surface area contributed by atoms with Crippen LogP contribution >= 0.6 is 0 Å². The molecule has 2 aromatic heterocycles. The number of amides is 1. The summed E-state index contributed by atoms with van der Waals surface area (Å²) in [4.78, 5) is 27.6. The predicted molar refractivity (Wildman–Crippen MR) is 152 cm³/mol. The van der Waals surface area contributed by atoms with E-state index in [9.17, 15) is 4.79 Å². The molecule has 4 aromatic rings. The van der Waals surface area contributed by atoms with Crippen molar-refractivity contribution < 1.29 is 13.9 Å². The summed E-state index contributed by atoms with van der Waals surface area (Å²) in [6.07, 6.45) is 6.59. The number of imidazole rings is 1. The average molecular weight is 539 g/mol. The number of rotatable bonds is 5. The molecule has 9 heteroatoms. The Morgan fingerprint density at radius 1 is 1.20 bits per heavy atom. The monoisotopic (exact) mass is 538 g/mol. The van der Waals surface area contributed by atoms with Crippen molar-refractivity contribution in [1.82, 2.24) is 19.3 Å². The molecule has 5 rings (SSSR count). The topological polar surface area (TPSA) is 90.1 Å². The Hall–Kier alpha value is -4.71. The zero-order valence-electron chi connectivity index (χ0n) is 22.8. The van der Waals surface area contributed by atoms with Gasteiger partial charge in [-0.05, 0) is 42.5 Å². The Labute approximate surface area is 232 Å². The Balaban J connectivity index is 1.49. The number of benzene rings is 2. The van der Waals surface area contributed by atoms with Crippen LogP contribution in [-0.2, 0) is 4.79 Å². The number of hydrogen-bond acceptors (Lipinski definition) is 5. The highest BCUT2D eigenvalue weighted by molar-refractivity contribution is 5.95. The van der Waals surface area contributed by atoms with Crippen molar-refractivity contribution in [3.8, 4) is 22.8 Å². The lowest BCUT2D eigenvalue weighted by Crippen LogP contribution is -2.40. The van der Waals surface area contributed by atoms with Crippen LogP contribution in [0.2, 0.25) is 0 Å². The van der Waals surface area contributed by atoms with Crippen LogP contribution in [-0.4, -0.2) is 38.3 Å². The van der Waals surface area contributed by atoms with Gasteiger partial charge in [-0.3, -0.25) is 9.20 Å². The van der Waals surface area contributed by atoms with Gasteiger partial charge in [0.25, 0.3) is 5.91 Å². The van der Waals surface area contributed by atoms with Gasteiger partial charge in [-0.15, -0.1) is 0 Å². The first-order valence-electron chi connectivity index (χ1n) is 13.2. The van der Waals surface area contributed by atoms with Gasteiger partial charge >= 0.3 is 0 Å². The molecule has 3 heterocycles. The van der Waals surface area contributed by atoms with E-state index in [0.717, 1.165) is 12.8 Å². The summed E-state index contributed by atoms with van der Waals surface area (Å²) in [5.74, 6) is 0.952. The van der Waals surface area contributed by atoms with Crippen LogP contribution in [0.4, 0.5) is 10.2 Å². The van der Waals surface area contributed by atoms with Gasteiger partial charge < -0.3 is 15.4 Å². The summed E-state index contributed by atoms with van der Waals surface area (Å²) in [5.41, 5.74) is 7.27. The maximum Gasteiger partial charge on any atom is 0.252 e. The molecule has 1 saturated heterocycles. The Morgan fingerprint density at radius 3 is 2.67 bits per heavy atom. The SMILES string of the molecule is [C-]#[N+]C(=CC(C)(C)C)C(=O)N1CCC[C@@H](c2nc(-c3ccc(Oc4ccccc4)cc3F)c3c(N)nccn23)C1. The molecule has 1 fully saturated rings. The lowest BCUT2D eigenvalue weighted by Gasteiger charge is -2.32. The molecule has 1 aliphatic heterocycles. The number of allylic oxidation sites excluding steroid dienone is 1. The largest absolute Gasteiger partial charge is 0.457 e. The van der Waals surface area contributed by atoms with Crippen molar-refractivity contribution >= 4 is 17.2 Å². The van der Waals surface area contributed by atoms with Crippen molar-refractivity contribution in [2.45, 2.75) is 39.5 Å². The van der Waals surface area contributed by atoms with E-state index in [1.165, 1.54) is 6.07 Å². The van der Waals surface area contributed by atoms with Gasteiger partial charge in [0.1, 0.15) is 40.2 Å². The molecule has 0 aliphatic carbocycles. The summed E-state index contributed by atoms with van der Waals surface area (Å²) < 4.78 is 23.1. The third kappa shape index (κ3) is 5.52. The van der Waals surface area contributed by atoms with Crippen LogP contribution in [0, 0.1) is 17.8 Å². The predicted octanol–water partition coefficient (Wildman–Crippen LogP) is 6.47. The molecule has 1 atom stereocenters. The molecular formula is C31H31FN6O2. The van der Waals surface area contributed by atoms with Crippen molar-refractivity contribution in [3.63, 3.8) is 0 Å². The summed E-state index contributed by atoms with van der Waals surface area (Å²) in [6, 6.07) is 13.8. The van der Waals surface area contributed by atoms with Crippen molar-refractivity contribution in [1.29, 1.82) is 0 Å². The number of nitrogens with zero attached hydrogens (tertiary/aromatic N) is 5. The Morgan fingerprint density at radius 2 is 1.98 bits per heavy atom. The molecule has 8 nitrogen and oxygen atoms in total. The number of para-hydroxylation sites is 1. The minimum absolute atomic E-state index is 0.121. The smallest absolute Gasteiger partial charge is 0.252 e. The number of nitrogen functional groups attached to an aromatic ring is 1. The standard InChI is InChI=1S/C31H31FN6O2/c1-31(2,3)18-25(34-4)30(39)37-15-8-9-20(19-37)29-36-26(27-28(33)35-14-16-38(27)29)23-13-12-22(17-24(23)32)40-21-10-6-5-7-11-21/h5-7,10-14,16-18,20H,8-9,15,19H2,1-3H3,(H2,33,35)/t20-/m1/s1. The fraction of sp³-hybridized carbons (Fsp3) is 0.290. The summed E-state index contributed by atoms with van der Waals surface area (Å²) in [6.45, 7) is 14.4. The lowest BCUT2D eigenvalue weighted by atomic mass is 9.94. The van der Waals surface area contributed by atoms with Gasteiger partial charge in [0, 0.05) is 43.0 Å². The van der Waals surface area contributed by atoms with E-state index in [-0.39, 0.29) is 34.3 Å². The van der Waals surface area contributed by atoms with Crippen LogP contribution in [0.5, 0.6) is 11.5 Å². The first-order valence-corrected chi connectivity index (χ1v) is 13.2. The number of carbonyl (C=O) groups is 1. The first kappa shape index (κ1) is 26.9. The minimum Gasteiger partial charge on any atom is -0.457 e. The summed E-state index contributed by atoms with van der Waals surface area (Å²) in [5, 5.41) is 0. The van der Waals surface area contributed by atoms with E-state index in [4.69, 9.17) is 22.0 Å². The van der Waals surface area contributed by atoms with Gasteiger partial charge in [-0.25, -0.2) is 19.2 Å². The van der Waals surface area contributed by atoms with E-state index in [1.807, 2.05) is 43.4 Å². The second-order valence-corrected chi connectivity index (χ2v) is 11.0. The normalized spacial score (nSPS) is 16.1. The van der Waals surface area contributed by atoms with Crippen molar-refractivity contribution in [3.05, 3.63) is 95.8 Å². The third-order valence-electron chi connectivity index (χ3n) is 6.77. The maximum atomic E-state index is 15.5. The zero-order chi connectivity index (χ0) is 28.4. The van der Waals surface area contributed by atoms with Gasteiger partial charge in [0.2, 0.25) is 5.70 Å². The Kier molecular flexibility index (Phi) is 7.26. The molecule has 0 saturated carbocycles. The molecule has 204 valence electrons. The lowest BCUT2D eigenvalue weighted by molar-refractivity contribution is -0.128. The second kappa shape index (κ2) is 10.8. The molecule has 40 heavy (non-hydrogen) atoms. The molecule has 2 aromatic carbocycles. The van der Waals surface area contributed by atoms with Gasteiger partial charge in [0.05, 0.1) is 6.57 Å². The Bertz CT molecular complexity index is 1630. The van der Waals surface area contributed by atoms with Crippen LogP contribution in [0.15, 0.2) is 72.7 Å². The summed E-state index contributed by atoms with van der Waals surface area (Å²) in [7, 11) is 0. The number of nitrogens with two attached hydrogens (primary N) is 1. The maximum absolute atomic E-state index is 15.5. The van der Waals surface area contributed by atoms with Crippen LogP contribution in [0.25, 0.3) is 21.6 Å². The summed E-state index contributed by atoms with van der Waals surface area (Å²) >= 11 is 0. The van der Waals surface area contributed by atoms with Crippen LogP contribution in [0.1, 0.15) is 45.4 Å². The molecule has 0 spiro atoms. The fourth-order valence-electron chi connectivity index (χ4n) is 5.03. The molecule has 1 aliphatic rings. The molecule has 0 bridgehead atoms. The second-order valence-electron chi connectivity index (χ2n) is 11.0. The molecule has 1 amide bonds. The van der Waals surface area contributed by atoms with E-state index < -0.39 is 5.82 Å². The number of aromatic nitrogens is 3. The highest BCUT2D eigenvalue weighted by atomic mass is 19.1. The van der Waals surface area contributed by atoms with Gasteiger partial charge in [-0.1, -0.05) is 45.0 Å². The minimum atomic E-state index is -0.502. The van der Waals surface area contributed by atoms with Gasteiger partial charge in [0.15, 0.2) is 0 Å². The van der Waals surface area contributed by atoms with E-state index >= 15 is 4.39 Å². The van der Waals surface area contributed by atoms with E-state index in [1.54, 1.807) is 47.6 Å². The number of likely N-dealkylation sites (tertiary alicyclic amines) is 1. The average Bonchev–Trinajstić information content (AvgIpc) is 3.32. The number of hydrogen-bond donors (Lipinski definition) is 1. The molecular weight excluding hydrogens is 507 g/mol. The number of ether oxygens (including phenoxy) is 1. The molecule has 0 unspecified atom stereocenters. The quantitative estimate of drug-likeness (QED) is 0.233. The highest BCUT2D eigenvalue weighted by Crippen LogP contribution is 2.36. The van der Waals surface area contributed by atoms with Crippen LogP contribution in [0.3, 0.4) is 0 Å². The highest BCUT2D eigenvalue weighted by Gasteiger charge is 2.31. The number of piperidine rings is 1. The first-order chi connectivity index (χ1) is 19.1.